The molecule has 1 aliphatic rings. The molecule has 0 unspecified atom stereocenters. The van der Waals surface area contributed by atoms with Crippen LogP contribution in [0, 0.1) is 0 Å². The summed E-state index contributed by atoms with van der Waals surface area (Å²) in [5.41, 5.74) is -0.404. The summed E-state index contributed by atoms with van der Waals surface area (Å²) in [6.07, 6.45) is 2.79. The van der Waals surface area contributed by atoms with E-state index in [1.807, 2.05) is 20.8 Å². The molecule has 0 saturated heterocycles. The first-order valence-corrected chi connectivity index (χ1v) is 5.99. The Morgan fingerprint density at radius 3 is 2.44 bits per heavy atom. The van der Waals surface area contributed by atoms with Crippen LogP contribution >= 0.6 is 0 Å². The molecule has 0 aromatic carbocycles. The molecule has 0 heterocycles. The maximum atomic E-state index is 11.5. The van der Waals surface area contributed by atoms with Crippen molar-refractivity contribution in [2.24, 2.45) is 0 Å². The van der Waals surface area contributed by atoms with E-state index < -0.39 is 5.60 Å². The van der Waals surface area contributed by atoms with Gasteiger partial charge in [0.1, 0.15) is 5.60 Å². The van der Waals surface area contributed by atoms with E-state index in [9.17, 15) is 4.79 Å². The van der Waals surface area contributed by atoms with E-state index in [2.05, 4.69) is 4.90 Å². The Morgan fingerprint density at radius 2 is 2.00 bits per heavy atom. The molecule has 0 bridgehead atoms. The molecule has 0 aliphatic heterocycles. The fourth-order valence-electron chi connectivity index (χ4n) is 1.67. The summed E-state index contributed by atoms with van der Waals surface area (Å²) in [5, 5.41) is 8.91. The van der Waals surface area contributed by atoms with Gasteiger partial charge in [0.05, 0.1) is 13.0 Å². The van der Waals surface area contributed by atoms with Crippen LogP contribution in [-0.4, -0.2) is 47.3 Å². The summed E-state index contributed by atoms with van der Waals surface area (Å²) >= 11 is 0. The van der Waals surface area contributed by atoms with Crippen molar-refractivity contribution in [3.05, 3.63) is 0 Å². The van der Waals surface area contributed by atoms with E-state index in [1.165, 1.54) is 12.8 Å². The summed E-state index contributed by atoms with van der Waals surface area (Å²) in [6, 6.07) is 0.578. The number of ether oxygens (including phenoxy) is 1. The lowest BCUT2D eigenvalue weighted by Gasteiger charge is -2.23. The molecule has 4 nitrogen and oxygen atoms in total. The van der Waals surface area contributed by atoms with Gasteiger partial charge in [-0.3, -0.25) is 9.69 Å². The fraction of sp³-hybridized carbons (Fsp3) is 0.917. The Morgan fingerprint density at radius 1 is 1.38 bits per heavy atom. The van der Waals surface area contributed by atoms with Crippen molar-refractivity contribution in [1.29, 1.82) is 0 Å². The molecule has 0 radical (unpaired) electrons. The predicted octanol–water partition coefficient (Wildman–Crippen LogP) is 1.17. The zero-order chi connectivity index (χ0) is 12.2. The Hall–Kier alpha value is -0.610. The number of hydrogen-bond donors (Lipinski definition) is 1. The first-order valence-electron chi connectivity index (χ1n) is 5.99. The van der Waals surface area contributed by atoms with Crippen molar-refractivity contribution in [2.45, 2.75) is 51.7 Å². The molecule has 0 spiro atoms. The van der Waals surface area contributed by atoms with E-state index in [-0.39, 0.29) is 12.6 Å². The van der Waals surface area contributed by atoms with Crippen molar-refractivity contribution in [1.82, 2.24) is 4.90 Å². The first kappa shape index (κ1) is 13.5. The van der Waals surface area contributed by atoms with Crippen LogP contribution in [0.15, 0.2) is 0 Å². The summed E-state index contributed by atoms with van der Waals surface area (Å²) < 4.78 is 5.24. The second-order valence-corrected chi connectivity index (χ2v) is 5.33. The van der Waals surface area contributed by atoms with Crippen molar-refractivity contribution in [3.63, 3.8) is 0 Å². The van der Waals surface area contributed by atoms with Crippen LogP contribution in [0.4, 0.5) is 0 Å². The predicted molar refractivity (Wildman–Crippen MR) is 62.1 cm³/mol. The van der Waals surface area contributed by atoms with E-state index in [4.69, 9.17) is 9.84 Å². The highest BCUT2D eigenvalue weighted by Crippen LogP contribution is 2.26. The average Bonchev–Trinajstić information content (AvgIpc) is 2.92. The lowest BCUT2D eigenvalue weighted by atomic mass is 10.2. The van der Waals surface area contributed by atoms with Gasteiger partial charge in [0.15, 0.2) is 0 Å². The van der Waals surface area contributed by atoms with Crippen molar-refractivity contribution >= 4 is 5.97 Å². The highest BCUT2D eigenvalue weighted by atomic mass is 16.6. The van der Waals surface area contributed by atoms with Crippen LogP contribution in [-0.2, 0) is 9.53 Å². The molecule has 0 amide bonds. The van der Waals surface area contributed by atoms with Gasteiger partial charge in [0.25, 0.3) is 0 Å². The third-order valence-electron chi connectivity index (χ3n) is 2.47. The van der Waals surface area contributed by atoms with Gasteiger partial charge in [0, 0.05) is 19.1 Å². The minimum atomic E-state index is -0.404. The third-order valence-corrected chi connectivity index (χ3v) is 2.47. The van der Waals surface area contributed by atoms with Crippen molar-refractivity contribution < 1.29 is 14.6 Å². The minimum absolute atomic E-state index is 0.156. The molecular weight excluding hydrogens is 206 g/mol. The maximum Gasteiger partial charge on any atom is 0.307 e. The van der Waals surface area contributed by atoms with Gasteiger partial charge in [-0.2, -0.15) is 0 Å². The second kappa shape index (κ2) is 5.64. The van der Waals surface area contributed by atoms with Gasteiger partial charge in [-0.1, -0.05) is 0 Å². The minimum Gasteiger partial charge on any atom is -0.460 e. The van der Waals surface area contributed by atoms with Gasteiger partial charge in [0.2, 0.25) is 0 Å². The Bertz CT molecular complexity index is 231. The van der Waals surface area contributed by atoms with E-state index >= 15 is 0 Å². The number of rotatable bonds is 6. The van der Waals surface area contributed by atoms with E-state index in [1.54, 1.807) is 0 Å². The average molecular weight is 229 g/mol. The number of nitrogens with zero attached hydrogens (tertiary/aromatic N) is 1. The van der Waals surface area contributed by atoms with E-state index in [0.717, 1.165) is 0 Å². The van der Waals surface area contributed by atoms with Crippen molar-refractivity contribution in [2.75, 3.05) is 19.7 Å². The lowest BCUT2D eigenvalue weighted by Crippen LogP contribution is -2.33. The Kier molecular flexibility index (Phi) is 4.74. The molecule has 4 heteroatoms. The smallest absolute Gasteiger partial charge is 0.307 e. The summed E-state index contributed by atoms with van der Waals surface area (Å²) in [5.74, 6) is -0.156. The van der Waals surface area contributed by atoms with Crippen LogP contribution in [0.25, 0.3) is 0 Å². The molecule has 1 fully saturated rings. The highest BCUT2D eigenvalue weighted by Gasteiger charge is 2.29. The molecule has 0 aromatic rings. The standard InChI is InChI=1S/C12H23NO3/c1-12(2,3)16-11(15)6-7-13(8-9-14)10-4-5-10/h10,14H,4-9H2,1-3H3. The summed E-state index contributed by atoms with van der Waals surface area (Å²) in [4.78, 5) is 13.7. The van der Waals surface area contributed by atoms with Gasteiger partial charge >= 0.3 is 5.97 Å². The molecule has 0 aromatic heterocycles. The quantitative estimate of drug-likeness (QED) is 0.695. The Labute approximate surface area is 97.6 Å². The maximum absolute atomic E-state index is 11.5. The number of carbonyl (C=O) groups is 1. The normalized spacial score (nSPS) is 16.6. The zero-order valence-electron chi connectivity index (χ0n) is 10.5. The molecule has 1 aliphatic carbocycles. The van der Waals surface area contributed by atoms with Crippen LogP contribution in [0.1, 0.15) is 40.0 Å². The summed E-state index contributed by atoms with van der Waals surface area (Å²) in [7, 11) is 0. The Balaban J connectivity index is 2.23. The fourth-order valence-corrected chi connectivity index (χ4v) is 1.67. The molecule has 1 rings (SSSR count). The van der Waals surface area contributed by atoms with Crippen LogP contribution in [0.2, 0.25) is 0 Å². The van der Waals surface area contributed by atoms with Crippen LogP contribution in [0.3, 0.4) is 0 Å². The SMILES string of the molecule is CC(C)(C)OC(=O)CCN(CCO)C1CC1. The first-order chi connectivity index (χ1) is 7.42. The van der Waals surface area contributed by atoms with Gasteiger partial charge in [-0.05, 0) is 33.6 Å². The molecule has 1 saturated carbocycles. The molecule has 1 N–H and O–H groups in total. The van der Waals surface area contributed by atoms with E-state index in [0.29, 0.717) is 25.6 Å². The van der Waals surface area contributed by atoms with Crippen LogP contribution < -0.4 is 0 Å². The highest BCUT2D eigenvalue weighted by molar-refractivity contribution is 5.70. The topological polar surface area (TPSA) is 49.8 Å². The number of carbonyl (C=O) groups excluding carboxylic acids is 1. The zero-order valence-corrected chi connectivity index (χ0v) is 10.5. The monoisotopic (exact) mass is 229 g/mol. The molecule has 0 atom stereocenters. The van der Waals surface area contributed by atoms with Crippen LogP contribution in [0.5, 0.6) is 0 Å². The molecule has 16 heavy (non-hydrogen) atoms. The second-order valence-electron chi connectivity index (χ2n) is 5.33. The number of esters is 1. The summed E-state index contributed by atoms with van der Waals surface area (Å²) in [6.45, 7) is 7.13. The van der Waals surface area contributed by atoms with Gasteiger partial charge in [-0.15, -0.1) is 0 Å². The lowest BCUT2D eigenvalue weighted by molar-refractivity contribution is -0.155. The number of aliphatic hydroxyl groups is 1. The van der Waals surface area contributed by atoms with Crippen molar-refractivity contribution in [3.8, 4) is 0 Å². The molecule has 94 valence electrons. The van der Waals surface area contributed by atoms with Gasteiger partial charge in [-0.25, -0.2) is 0 Å². The number of aliphatic hydroxyl groups excluding tert-OH is 1. The molecular formula is C12H23NO3. The third kappa shape index (κ3) is 5.47. The van der Waals surface area contributed by atoms with Gasteiger partial charge < -0.3 is 9.84 Å². The largest absolute Gasteiger partial charge is 0.460 e. The number of hydrogen-bond acceptors (Lipinski definition) is 4.